The lowest BCUT2D eigenvalue weighted by Gasteiger charge is -2.26. The molecule has 0 radical (unpaired) electrons. The summed E-state index contributed by atoms with van der Waals surface area (Å²) in [6.45, 7) is 4.45. The zero-order valence-corrected chi connectivity index (χ0v) is 19.1. The maximum atomic E-state index is 11.7. The van der Waals surface area contributed by atoms with Crippen LogP contribution < -0.4 is 5.32 Å². The van der Waals surface area contributed by atoms with Crippen molar-refractivity contribution in [2.24, 2.45) is 0 Å². The molecule has 0 aliphatic carbocycles. The predicted octanol–water partition coefficient (Wildman–Crippen LogP) is 3.38. The Kier molecular flexibility index (Phi) is 5.84. The third kappa shape index (κ3) is 4.90. The van der Waals surface area contributed by atoms with Crippen molar-refractivity contribution >= 4 is 27.1 Å². The Morgan fingerprint density at radius 2 is 1.73 bits per heavy atom. The van der Waals surface area contributed by atoms with Gasteiger partial charge in [-0.1, -0.05) is 24.3 Å². The van der Waals surface area contributed by atoms with Gasteiger partial charge in [0.15, 0.2) is 15.5 Å². The van der Waals surface area contributed by atoms with E-state index in [4.69, 9.17) is 4.74 Å². The fourth-order valence-corrected chi connectivity index (χ4v) is 4.54. The van der Waals surface area contributed by atoms with E-state index in [-0.39, 0.29) is 4.90 Å². The van der Waals surface area contributed by atoms with Crippen LogP contribution in [0.25, 0.3) is 16.8 Å². The molecule has 0 bridgehead atoms. The van der Waals surface area contributed by atoms with Crippen molar-refractivity contribution in [1.82, 2.24) is 19.5 Å². The Morgan fingerprint density at radius 3 is 2.42 bits per heavy atom. The second-order valence-electron chi connectivity index (χ2n) is 8.13. The van der Waals surface area contributed by atoms with Gasteiger partial charge in [-0.25, -0.2) is 12.9 Å². The summed E-state index contributed by atoms with van der Waals surface area (Å²) in [5, 5.41) is 7.67. The van der Waals surface area contributed by atoms with E-state index in [9.17, 15) is 8.42 Å². The van der Waals surface area contributed by atoms with Crippen LogP contribution in [0.1, 0.15) is 5.56 Å². The Balaban J connectivity index is 1.36. The molecular formula is C24H25N5O3S. The molecule has 0 saturated carbocycles. The van der Waals surface area contributed by atoms with Crippen molar-refractivity contribution in [3.8, 4) is 11.1 Å². The number of fused-ring (bicyclic) bond motifs is 1. The molecule has 1 saturated heterocycles. The standard InChI is InChI=1S/C24H25N5O3S/c1-33(30,31)21-10-8-20(9-11-21)25-24-26-23-22(3-2-12-29(23)27-24)19-6-4-18(5-7-19)17-28-13-15-32-16-14-28/h2-12H,13-17H2,1H3,(H,25,27). The van der Waals surface area contributed by atoms with Crippen LogP contribution in [0.4, 0.5) is 11.6 Å². The van der Waals surface area contributed by atoms with Crippen LogP contribution in [0.3, 0.4) is 0 Å². The van der Waals surface area contributed by atoms with Crippen molar-refractivity contribution in [3.63, 3.8) is 0 Å². The third-order valence-corrected chi connectivity index (χ3v) is 6.80. The molecule has 1 aliphatic heterocycles. The van der Waals surface area contributed by atoms with Crippen molar-refractivity contribution in [2.45, 2.75) is 11.4 Å². The molecule has 1 aliphatic rings. The summed E-state index contributed by atoms with van der Waals surface area (Å²) < 4.78 is 30.5. The number of rotatable bonds is 6. The lowest BCUT2D eigenvalue weighted by atomic mass is 10.0. The number of sulfone groups is 1. The first-order valence-corrected chi connectivity index (χ1v) is 12.7. The van der Waals surface area contributed by atoms with Gasteiger partial charge in [0.25, 0.3) is 0 Å². The maximum absolute atomic E-state index is 11.7. The van der Waals surface area contributed by atoms with Gasteiger partial charge in [0, 0.05) is 43.3 Å². The molecule has 0 spiro atoms. The molecule has 1 N–H and O–H groups in total. The van der Waals surface area contributed by atoms with Gasteiger partial charge >= 0.3 is 0 Å². The normalized spacial score (nSPS) is 15.1. The fraction of sp³-hybridized carbons (Fsp3) is 0.250. The van der Waals surface area contributed by atoms with Crippen molar-refractivity contribution in [2.75, 3.05) is 37.9 Å². The van der Waals surface area contributed by atoms with Crippen LogP contribution in [0.2, 0.25) is 0 Å². The number of pyridine rings is 1. The second-order valence-corrected chi connectivity index (χ2v) is 10.1. The highest BCUT2D eigenvalue weighted by Gasteiger charge is 2.13. The van der Waals surface area contributed by atoms with Crippen LogP contribution >= 0.6 is 0 Å². The van der Waals surface area contributed by atoms with Gasteiger partial charge in [-0.05, 0) is 47.5 Å². The summed E-state index contributed by atoms with van der Waals surface area (Å²) in [7, 11) is -3.23. The van der Waals surface area contributed by atoms with Gasteiger partial charge in [-0.15, -0.1) is 5.10 Å². The lowest BCUT2D eigenvalue weighted by molar-refractivity contribution is 0.0342. The van der Waals surface area contributed by atoms with Crippen LogP contribution in [0.5, 0.6) is 0 Å². The quantitative estimate of drug-likeness (QED) is 0.469. The minimum absolute atomic E-state index is 0.273. The van der Waals surface area contributed by atoms with Gasteiger partial charge in [0.05, 0.1) is 18.1 Å². The molecular weight excluding hydrogens is 438 g/mol. The summed E-state index contributed by atoms with van der Waals surface area (Å²) in [6, 6.07) is 19.1. The van der Waals surface area contributed by atoms with Crippen molar-refractivity contribution < 1.29 is 13.2 Å². The number of nitrogens with zero attached hydrogens (tertiary/aromatic N) is 4. The Labute approximate surface area is 192 Å². The number of hydrogen-bond acceptors (Lipinski definition) is 7. The van der Waals surface area contributed by atoms with Gasteiger partial charge < -0.3 is 10.1 Å². The summed E-state index contributed by atoms with van der Waals surface area (Å²) >= 11 is 0. The summed E-state index contributed by atoms with van der Waals surface area (Å²) in [4.78, 5) is 7.35. The molecule has 0 amide bonds. The topological polar surface area (TPSA) is 88.8 Å². The number of nitrogens with one attached hydrogen (secondary N) is 1. The third-order valence-electron chi connectivity index (χ3n) is 5.68. The highest BCUT2D eigenvalue weighted by molar-refractivity contribution is 7.90. The highest BCUT2D eigenvalue weighted by Crippen LogP contribution is 2.26. The second kappa shape index (κ2) is 8.93. The number of benzene rings is 2. The van der Waals surface area contributed by atoms with Crippen LogP contribution in [-0.4, -0.2) is 60.5 Å². The first kappa shape index (κ1) is 21.6. The molecule has 2 aromatic heterocycles. The molecule has 1 fully saturated rings. The van der Waals surface area contributed by atoms with E-state index in [1.165, 1.54) is 11.8 Å². The molecule has 5 rings (SSSR count). The molecule has 3 heterocycles. The number of aromatic nitrogens is 3. The van der Waals surface area contributed by atoms with Gasteiger partial charge in [-0.2, -0.15) is 4.98 Å². The molecule has 8 nitrogen and oxygen atoms in total. The number of morpholine rings is 1. The molecule has 0 atom stereocenters. The monoisotopic (exact) mass is 463 g/mol. The van der Waals surface area contributed by atoms with E-state index in [1.807, 2.05) is 18.3 Å². The maximum Gasteiger partial charge on any atom is 0.247 e. The molecule has 0 unspecified atom stereocenters. The SMILES string of the molecule is CS(=O)(=O)c1ccc(Nc2nc3c(-c4ccc(CN5CCOCC5)cc4)cccn3n2)cc1. The first-order valence-electron chi connectivity index (χ1n) is 10.8. The summed E-state index contributed by atoms with van der Waals surface area (Å²) in [6.07, 6.45) is 3.05. The van der Waals surface area contributed by atoms with Gasteiger partial charge in [-0.3, -0.25) is 4.90 Å². The van der Waals surface area contributed by atoms with E-state index in [0.29, 0.717) is 11.6 Å². The number of hydrogen-bond donors (Lipinski definition) is 1. The van der Waals surface area contributed by atoms with E-state index >= 15 is 0 Å². The van der Waals surface area contributed by atoms with E-state index in [2.05, 4.69) is 44.6 Å². The smallest absolute Gasteiger partial charge is 0.247 e. The molecule has 33 heavy (non-hydrogen) atoms. The summed E-state index contributed by atoms with van der Waals surface area (Å²) in [5.41, 5.74) is 4.79. The molecule has 170 valence electrons. The average Bonchev–Trinajstić information content (AvgIpc) is 3.23. The van der Waals surface area contributed by atoms with Gasteiger partial charge in [0.1, 0.15) is 0 Å². The minimum Gasteiger partial charge on any atom is -0.379 e. The van der Waals surface area contributed by atoms with Gasteiger partial charge in [0.2, 0.25) is 5.95 Å². The Morgan fingerprint density at radius 1 is 1.00 bits per heavy atom. The minimum atomic E-state index is -3.23. The molecule has 9 heteroatoms. The molecule has 2 aromatic carbocycles. The number of ether oxygens (including phenoxy) is 1. The van der Waals surface area contributed by atoms with Crippen molar-refractivity contribution in [1.29, 1.82) is 0 Å². The van der Waals surface area contributed by atoms with Crippen LogP contribution in [0.15, 0.2) is 71.8 Å². The number of anilines is 2. The predicted molar refractivity (Wildman–Crippen MR) is 127 cm³/mol. The average molecular weight is 464 g/mol. The molecule has 4 aromatic rings. The Bertz CT molecular complexity index is 1360. The highest BCUT2D eigenvalue weighted by atomic mass is 32.2. The fourth-order valence-electron chi connectivity index (χ4n) is 3.91. The first-order chi connectivity index (χ1) is 16.0. The zero-order chi connectivity index (χ0) is 22.8. The van der Waals surface area contributed by atoms with E-state index in [1.54, 1.807) is 28.8 Å². The zero-order valence-electron chi connectivity index (χ0n) is 18.3. The Hall–Kier alpha value is -3.27. The van der Waals surface area contributed by atoms with E-state index < -0.39 is 9.84 Å². The van der Waals surface area contributed by atoms with Crippen LogP contribution in [0, 0.1) is 0 Å². The van der Waals surface area contributed by atoms with Crippen molar-refractivity contribution in [3.05, 3.63) is 72.4 Å². The van der Waals surface area contributed by atoms with E-state index in [0.717, 1.165) is 49.6 Å². The summed E-state index contributed by atoms with van der Waals surface area (Å²) in [5.74, 6) is 0.443. The lowest BCUT2D eigenvalue weighted by Crippen LogP contribution is -2.35. The largest absolute Gasteiger partial charge is 0.379 e. The van der Waals surface area contributed by atoms with Crippen LogP contribution in [-0.2, 0) is 21.1 Å².